The molecule has 0 spiro atoms. The number of hydrogen-bond donors (Lipinski definition) is 0. The lowest BCUT2D eigenvalue weighted by atomic mass is 10.1. The fraction of sp³-hybridized carbons (Fsp3) is 0.917. The molecule has 0 radical (unpaired) electrons. The Labute approximate surface area is 88.0 Å². The molecule has 0 fully saturated rings. The van der Waals surface area contributed by atoms with E-state index < -0.39 is 0 Å². The molecule has 2 heteroatoms. The SMILES string of the molecule is CCCCCCCOC[C@H](C)CC=O. The van der Waals surface area contributed by atoms with E-state index in [1.54, 1.807) is 0 Å². The van der Waals surface area contributed by atoms with Crippen LogP contribution in [0, 0.1) is 5.92 Å². The van der Waals surface area contributed by atoms with Crippen LogP contribution in [0.4, 0.5) is 0 Å². The highest BCUT2D eigenvalue weighted by Crippen LogP contribution is 2.04. The molecule has 84 valence electrons. The van der Waals surface area contributed by atoms with E-state index in [9.17, 15) is 4.79 Å². The first-order valence-electron chi connectivity index (χ1n) is 5.82. The van der Waals surface area contributed by atoms with Crippen LogP contribution in [0.3, 0.4) is 0 Å². The highest BCUT2D eigenvalue weighted by molar-refractivity contribution is 5.49. The van der Waals surface area contributed by atoms with Gasteiger partial charge in [0.25, 0.3) is 0 Å². The van der Waals surface area contributed by atoms with Gasteiger partial charge in [-0.2, -0.15) is 0 Å². The minimum absolute atomic E-state index is 0.378. The predicted octanol–water partition coefficient (Wildman–Crippen LogP) is 3.20. The fourth-order valence-electron chi connectivity index (χ4n) is 1.32. The highest BCUT2D eigenvalue weighted by Gasteiger charge is 2.00. The van der Waals surface area contributed by atoms with Crippen molar-refractivity contribution in [3.8, 4) is 0 Å². The van der Waals surface area contributed by atoms with Gasteiger partial charge in [0.2, 0.25) is 0 Å². The molecule has 0 saturated heterocycles. The highest BCUT2D eigenvalue weighted by atomic mass is 16.5. The van der Waals surface area contributed by atoms with Crippen molar-refractivity contribution in [2.45, 2.75) is 52.4 Å². The molecule has 0 bridgehead atoms. The van der Waals surface area contributed by atoms with Crippen LogP contribution in [-0.2, 0) is 9.53 Å². The van der Waals surface area contributed by atoms with E-state index in [1.807, 2.05) is 6.92 Å². The van der Waals surface area contributed by atoms with Gasteiger partial charge < -0.3 is 9.53 Å². The Morgan fingerprint density at radius 3 is 2.57 bits per heavy atom. The minimum atomic E-state index is 0.378. The molecule has 2 nitrogen and oxygen atoms in total. The second-order valence-corrected chi connectivity index (χ2v) is 4.00. The summed E-state index contributed by atoms with van der Waals surface area (Å²) in [6.07, 6.45) is 7.97. The zero-order valence-electron chi connectivity index (χ0n) is 9.63. The zero-order valence-corrected chi connectivity index (χ0v) is 9.63. The lowest BCUT2D eigenvalue weighted by Gasteiger charge is -2.08. The smallest absolute Gasteiger partial charge is 0.120 e. The maximum Gasteiger partial charge on any atom is 0.120 e. The Morgan fingerprint density at radius 1 is 1.21 bits per heavy atom. The minimum Gasteiger partial charge on any atom is -0.381 e. The lowest BCUT2D eigenvalue weighted by molar-refractivity contribution is -0.108. The summed E-state index contributed by atoms with van der Waals surface area (Å²) in [7, 11) is 0. The van der Waals surface area contributed by atoms with Crippen molar-refractivity contribution in [2.24, 2.45) is 5.92 Å². The second-order valence-electron chi connectivity index (χ2n) is 4.00. The first kappa shape index (κ1) is 13.6. The first-order chi connectivity index (χ1) is 6.81. The fourth-order valence-corrected chi connectivity index (χ4v) is 1.32. The molecule has 0 unspecified atom stereocenters. The average Bonchev–Trinajstić information content (AvgIpc) is 2.17. The molecule has 0 aliphatic heterocycles. The number of ether oxygens (including phenoxy) is 1. The van der Waals surface area contributed by atoms with Gasteiger partial charge in [-0.1, -0.05) is 39.5 Å². The summed E-state index contributed by atoms with van der Waals surface area (Å²) < 4.78 is 5.47. The molecule has 0 saturated carbocycles. The number of hydrogen-bond acceptors (Lipinski definition) is 2. The van der Waals surface area contributed by atoms with Crippen LogP contribution >= 0.6 is 0 Å². The van der Waals surface area contributed by atoms with Gasteiger partial charge >= 0.3 is 0 Å². The van der Waals surface area contributed by atoms with Gasteiger partial charge in [-0.3, -0.25) is 0 Å². The predicted molar refractivity (Wildman–Crippen MR) is 59.4 cm³/mol. The lowest BCUT2D eigenvalue weighted by Crippen LogP contribution is -2.07. The van der Waals surface area contributed by atoms with E-state index >= 15 is 0 Å². The van der Waals surface area contributed by atoms with Crippen molar-refractivity contribution < 1.29 is 9.53 Å². The Morgan fingerprint density at radius 2 is 1.93 bits per heavy atom. The largest absolute Gasteiger partial charge is 0.381 e. The summed E-state index contributed by atoms with van der Waals surface area (Å²) in [6.45, 7) is 5.85. The van der Waals surface area contributed by atoms with E-state index in [0.29, 0.717) is 12.3 Å². The van der Waals surface area contributed by atoms with Gasteiger partial charge in [0.05, 0.1) is 0 Å². The van der Waals surface area contributed by atoms with E-state index in [-0.39, 0.29) is 0 Å². The number of rotatable bonds is 10. The van der Waals surface area contributed by atoms with Gasteiger partial charge in [-0.05, 0) is 12.3 Å². The van der Waals surface area contributed by atoms with Crippen LogP contribution in [0.2, 0.25) is 0 Å². The molecule has 0 aliphatic carbocycles. The number of carbonyl (C=O) groups is 1. The van der Waals surface area contributed by atoms with Gasteiger partial charge in [-0.15, -0.1) is 0 Å². The second kappa shape index (κ2) is 10.7. The Bertz CT molecular complexity index is 123. The Balaban J connectivity index is 3.01. The summed E-state index contributed by atoms with van der Waals surface area (Å²) in [5, 5.41) is 0. The van der Waals surface area contributed by atoms with Crippen LogP contribution in [-0.4, -0.2) is 19.5 Å². The standard InChI is InChI=1S/C12H24O2/c1-3-4-5-6-7-10-14-11-12(2)8-9-13/h9,12H,3-8,10-11H2,1-2H3/t12-/m1/s1. The summed E-state index contributed by atoms with van der Waals surface area (Å²) >= 11 is 0. The molecule has 0 heterocycles. The third-order valence-corrected chi connectivity index (χ3v) is 2.29. The summed E-state index contributed by atoms with van der Waals surface area (Å²) in [4.78, 5) is 10.2. The zero-order chi connectivity index (χ0) is 10.6. The Hall–Kier alpha value is -0.370. The molecule has 0 rings (SSSR count). The molecule has 0 aromatic carbocycles. The molecule has 0 aliphatic rings. The van der Waals surface area contributed by atoms with Crippen LogP contribution in [0.1, 0.15) is 52.4 Å². The quantitative estimate of drug-likeness (QED) is 0.400. The monoisotopic (exact) mass is 200 g/mol. The van der Waals surface area contributed by atoms with Crippen LogP contribution < -0.4 is 0 Å². The molecule has 0 N–H and O–H groups in total. The topological polar surface area (TPSA) is 26.3 Å². The van der Waals surface area contributed by atoms with Crippen LogP contribution in [0.25, 0.3) is 0 Å². The van der Waals surface area contributed by atoms with Gasteiger partial charge in [0.15, 0.2) is 0 Å². The van der Waals surface area contributed by atoms with Crippen molar-refractivity contribution in [2.75, 3.05) is 13.2 Å². The number of carbonyl (C=O) groups excluding carboxylic acids is 1. The first-order valence-corrected chi connectivity index (χ1v) is 5.82. The van der Waals surface area contributed by atoms with Gasteiger partial charge in [-0.25, -0.2) is 0 Å². The van der Waals surface area contributed by atoms with E-state index in [1.165, 1.54) is 25.7 Å². The maximum atomic E-state index is 10.2. The maximum absolute atomic E-state index is 10.2. The van der Waals surface area contributed by atoms with Gasteiger partial charge in [0, 0.05) is 19.6 Å². The van der Waals surface area contributed by atoms with Crippen molar-refractivity contribution in [3.63, 3.8) is 0 Å². The summed E-state index contributed by atoms with van der Waals surface area (Å²) in [5.41, 5.74) is 0. The van der Waals surface area contributed by atoms with Gasteiger partial charge in [0.1, 0.15) is 6.29 Å². The number of unbranched alkanes of at least 4 members (excludes halogenated alkanes) is 4. The molecule has 0 aromatic rings. The van der Waals surface area contributed by atoms with Crippen LogP contribution in [0.5, 0.6) is 0 Å². The molecular formula is C12H24O2. The van der Waals surface area contributed by atoms with Crippen LogP contribution in [0.15, 0.2) is 0 Å². The van der Waals surface area contributed by atoms with Crippen molar-refractivity contribution in [1.82, 2.24) is 0 Å². The normalized spacial score (nSPS) is 12.7. The molecule has 14 heavy (non-hydrogen) atoms. The van der Waals surface area contributed by atoms with E-state index in [2.05, 4.69) is 6.92 Å². The third-order valence-electron chi connectivity index (χ3n) is 2.29. The van der Waals surface area contributed by atoms with Crippen molar-refractivity contribution in [3.05, 3.63) is 0 Å². The van der Waals surface area contributed by atoms with E-state index in [0.717, 1.165) is 25.9 Å². The third kappa shape index (κ3) is 9.72. The molecule has 0 aromatic heterocycles. The van der Waals surface area contributed by atoms with Crippen molar-refractivity contribution in [1.29, 1.82) is 0 Å². The number of aldehydes is 1. The van der Waals surface area contributed by atoms with E-state index in [4.69, 9.17) is 4.74 Å². The Kier molecular flexibility index (Phi) is 10.4. The molecule has 1 atom stereocenters. The van der Waals surface area contributed by atoms with Crippen molar-refractivity contribution >= 4 is 6.29 Å². The molecule has 0 amide bonds. The summed E-state index contributed by atoms with van der Waals surface area (Å²) in [6, 6.07) is 0. The molecular weight excluding hydrogens is 176 g/mol. The average molecular weight is 200 g/mol. The summed E-state index contributed by atoms with van der Waals surface area (Å²) in [5.74, 6) is 0.378.